The quantitative estimate of drug-likeness (QED) is 0.200. The maximum atomic E-state index is 11.8. The summed E-state index contributed by atoms with van der Waals surface area (Å²) < 4.78 is 16.3. The van der Waals surface area contributed by atoms with E-state index in [1.807, 2.05) is 37.3 Å². The van der Waals surface area contributed by atoms with Gasteiger partial charge in [0, 0.05) is 59.4 Å². The predicted molar refractivity (Wildman–Crippen MR) is 198 cm³/mol. The number of fused-ring (bicyclic) bond motifs is 6. The Hall–Kier alpha value is -5.50. The van der Waals surface area contributed by atoms with Crippen LogP contribution >= 0.6 is 0 Å². The number of ether oxygens (including phenoxy) is 2. The third kappa shape index (κ3) is 4.43. The maximum Gasteiger partial charge on any atom is 0.163 e. The molecule has 0 bridgehead atoms. The van der Waals surface area contributed by atoms with Gasteiger partial charge in [-0.1, -0.05) is 42.5 Å². The molecule has 3 aliphatic heterocycles. The van der Waals surface area contributed by atoms with Crippen LogP contribution in [-0.4, -0.2) is 58.1 Å². The summed E-state index contributed by atoms with van der Waals surface area (Å²) >= 11 is 0. The van der Waals surface area contributed by atoms with Gasteiger partial charge in [0.2, 0.25) is 0 Å². The molecule has 0 saturated heterocycles. The fourth-order valence-electron chi connectivity index (χ4n) is 8.80. The number of hydrogen-bond acceptors (Lipinski definition) is 6. The summed E-state index contributed by atoms with van der Waals surface area (Å²) in [6.45, 7) is 5.45. The van der Waals surface area contributed by atoms with Gasteiger partial charge in [0.15, 0.2) is 11.5 Å². The van der Waals surface area contributed by atoms with Gasteiger partial charge < -0.3 is 28.8 Å². The first kappa shape index (κ1) is 30.6. The highest BCUT2D eigenvalue weighted by Gasteiger charge is 2.38. The summed E-state index contributed by atoms with van der Waals surface area (Å²) in [6.07, 6.45) is 2.71. The molecule has 0 amide bonds. The second-order valence-electron chi connectivity index (χ2n) is 13.8. The number of methoxy groups -OCH3 is 2. The number of aryl methyl sites for hydroxylation is 2. The summed E-state index contributed by atoms with van der Waals surface area (Å²) in [5.74, 6) is 1.64. The lowest BCUT2D eigenvalue weighted by molar-refractivity contribution is 0.367. The number of phenolic OH excluding ortho intramolecular Hbond substituents is 2. The SMILES string of the molecule is COc1ccc2c3c4n(c2c1)C(c1cccc(OC)c1O)CC1=NCCc2c1n(c1cc(C)ccc21)C(c1cccc(C)c1O)CC4=NCC3. The number of hydrogen-bond donors (Lipinski definition) is 2. The minimum Gasteiger partial charge on any atom is -0.507 e. The lowest BCUT2D eigenvalue weighted by atomic mass is 9.89. The van der Waals surface area contributed by atoms with E-state index in [2.05, 4.69) is 52.5 Å². The number of nitrogens with zero attached hydrogens (tertiary/aromatic N) is 4. The Balaban J connectivity index is 1.42. The second-order valence-corrected chi connectivity index (χ2v) is 13.8. The largest absolute Gasteiger partial charge is 0.507 e. The zero-order valence-electron chi connectivity index (χ0n) is 28.8. The molecule has 4 aromatic carbocycles. The first-order valence-electron chi connectivity index (χ1n) is 17.4. The Labute approximate surface area is 291 Å². The highest BCUT2D eigenvalue weighted by Crippen LogP contribution is 2.47. The van der Waals surface area contributed by atoms with Crippen molar-refractivity contribution in [3.05, 3.63) is 118 Å². The molecule has 9 rings (SSSR count). The molecule has 2 atom stereocenters. The smallest absolute Gasteiger partial charge is 0.163 e. The number of para-hydroxylation sites is 2. The standard InChI is InChI=1S/C42H40N4O4/c1-23-11-13-26-28-15-17-44-33-22-37(31-9-6-10-38(50-4)42(31)48)46-35-20-25(49-3)12-14-27(35)29-16-18-43-32(40(29)46)21-36(45(39(28)33)34(26)19-23)30-8-5-7-24(2)41(30)47/h5-14,19-20,36-37,47-48H,15-18,21-22H2,1-4H3. The Kier molecular flexibility index (Phi) is 7.05. The number of benzene rings is 4. The molecule has 2 unspecified atom stereocenters. The molecule has 50 heavy (non-hydrogen) atoms. The van der Waals surface area contributed by atoms with Crippen LogP contribution in [0.2, 0.25) is 0 Å². The third-order valence-electron chi connectivity index (χ3n) is 11.1. The molecule has 2 N–H and O–H groups in total. The molecule has 8 heteroatoms. The van der Waals surface area contributed by atoms with Gasteiger partial charge in [0.05, 0.1) is 54.6 Å². The van der Waals surface area contributed by atoms with Crippen LogP contribution in [0.5, 0.6) is 23.0 Å². The van der Waals surface area contributed by atoms with Crippen LogP contribution < -0.4 is 9.47 Å². The number of aromatic nitrogens is 2. The molecule has 8 nitrogen and oxygen atoms in total. The average molecular weight is 665 g/mol. The van der Waals surface area contributed by atoms with Crippen molar-refractivity contribution in [2.24, 2.45) is 9.98 Å². The zero-order chi connectivity index (χ0) is 34.3. The molecule has 252 valence electrons. The predicted octanol–water partition coefficient (Wildman–Crippen LogP) is 8.00. The van der Waals surface area contributed by atoms with E-state index in [-0.39, 0.29) is 17.8 Å². The summed E-state index contributed by atoms with van der Waals surface area (Å²) in [7, 11) is 3.29. The minimum absolute atomic E-state index is 0.125. The first-order valence-corrected chi connectivity index (χ1v) is 17.4. The van der Waals surface area contributed by atoms with E-state index >= 15 is 0 Å². The topological polar surface area (TPSA) is 93.5 Å². The maximum absolute atomic E-state index is 11.8. The normalized spacial score (nSPS) is 18.3. The van der Waals surface area contributed by atoms with E-state index in [1.165, 1.54) is 22.1 Å². The van der Waals surface area contributed by atoms with Gasteiger partial charge >= 0.3 is 0 Å². The molecule has 2 aromatic heterocycles. The van der Waals surface area contributed by atoms with Gasteiger partial charge in [0.25, 0.3) is 0 Å². The monoisotopic (exact) mass is 664 g/mol. The van der Waals surface area contributed by atoms with Crippen molar-refractivity contribution >= 4 is 33.2 Å². The van der Waals surface area contributed by atoms with E-state index < -0.39 is 0 Å². The molecule has 0 saturated carbocycles. The third-order valence-corrected chi connectivity index (χ3v) is 11.1. The lowest BCUT2D eigenvalue weighted by Crippen LogP contribution is -2.30. The fourth-order valence-corrected chi connectivity index (χ4v) is 8.80. The summed E-state index contributed by atoms with van der Waals surface area (Å²) in [4.78, 5) is 10.6. The van der Waals surface area contributed by atoms with Gasteiger partial charge in [-0.2, -0.15) is 0 Å². The minimum atomic E-state index is -0.339. The van der Waals surface area contributed by atoms with Crippen molar-refractivity contribution in [2.45, 2.75) is 51.6 Å². The Morgan fingerprint density at radius 1 is 0.660 bits per heavy atom. The fraction of sp³-hybridized carbons (Fsp3) is 0.286. The van der Waals surface area contributed by atoms with Gasteiger partial charge in [-0.15, -0.1) is 0 Å². The molecule has 0 aliphatic carbocycles. The van der Waals surface area contributed by atoms with Crippen LogP contribution in [0.3, 0.4) is 0 Å². The Bertz CT molecular complexity index is 2430. The molecule has 6 aromatic rings. The molecule has 0 fully saturated rings. The van der Waals surface area contributed by atoms with Crippen LogP contribution in [0.15, 0.2) is 82.8 Å². The van der Waals surface area contributed by atoms with Crippen molar-refractivity contribution < 1.29 is 19.7 Å². The molecular formula is C42H40N4O4. The van der Waals surface area contributed by atoms with Crippen molar-refractivity contribution in [3.63, 3.8) is 0 Å². The zero-order valence-corrected chi connectivity index (χ0v) is 28.8. The Morgan fingerprint density at radius 2 is 1.24 bits per heavy atom. The van der Waals surface area contributed by atoms with Crippen LogP contribution in [0, 0.1) is 13.8 Å². The van der Waals surface area contributed by atoms with Crippen LogP contribution in [0.1, 0.15) is 69.7 Å². The number of rotatable bonds is 4. The first-order chi connectivity index (χ1) is 24.4. The average Bonchev–Trinajstić information content (AvgIpc) is 3.64. The van der Waals surface area contributed by atoms with Crippen LogP contribution in [0.4, 0.5) is 0 Å². The van der Waals surface area contributed by atoms with Crippen molar-refractivity contribution in [1.29, 1.82) is 0 Å². The number of aromatic hydroxyl groups is 2. The van der Waals surface area contributed by atoms with Crippen molar-refractivity contribution in [2.75, 3.05) is 27.3 Å². The number of aliphatic imine (C=N–C) groups is 2. The van der Waals surface area contributed by atoms with E-state index in [0.717, 1.165) is 74.5 Å². The molecule has 3 aliphatic rings. The van der Waals surface area contributed by atoms with E-state index in [9.17, 15) is 10.2 Å². The molecule has 0 radical (unpaired) electrons. The van der Waals surface area contributed by atoms with Crippen LogP contribution in [-0.2, 0) is 12.8 Å². The summed E-state index contributed by atoms with van der Waals surface area (Å²) in [5, 5.41) is 26.0. The van der Waals surface area contributed by atoms with E-state index in [1.54, 1.807) is 20.3 Å². The van der Waals surface area contributed by atoms with Crippen molar-refractivity contribution in [3.8, 4) is 23.0 Å². The van der Waals surface area contributed by atoms with Gasteiger partial charge in [-0.25, -0.2) is 0 Å². The molecule has 5 heterocycles. The van der Waals surface area contributed by atoms with Gasteiger partial charge in [-0.3, -0.25) is 9.98 Å². The molecule has 0 spiro atoms. The van der Waals surface area contributed by atoms with E-state index in [4.69, 9.17) is 19.5 Å². The highest BCUT2D eigenvalue weighted by atomic mass is 16.5. The lowest BCUT2D eigenvalue weighted by Gasteiger charge is -2.33. The summed E-state index contributed by atoms with van der Waals surface area (Å²) in [5.41, 5.74) is 12.5. The highest BCUT2D eigenvalue weighted by molar-refractivity contribution is 6.10. The number of phenols is 2. The van der Waals surface area contributed by atoms with E-state index in [0.29, 0.717) is 37.4 Å². The molecular weight excluding hydrogens is 624 g/mol. The van der Waals surface area contributed by atoms with Crippen LogP contribution in [0.25, 0.3) is 21.8 Å². The van der Waals surface area contributed by atoms with Gasteiger partial charge in [-0.05, 0) is 73.2 Å². The second kappa shape index (κ2) is 11.5. The van der Waals surface area contributed by atoms with Gasteiger partial charge in [0.1, 0.15) is 11.5 Å². The van der Waals surface area contributed by atoms with Crippen molar-refractivity contribution in [1.82, 2.24) is 9.13 Å². The Morgan fingerprint density at radius 3 is 1.86 bits per heavy atom. The summed E-state index contributed by atoms with van der Waals surface area (Å²) in [6, 6.07) is 24.2.